The zero-order valence-corrected chi connectivity index (χ0v) is 13.0. The highest BCUT2D eigenvalue weighted by molar-refractivity contribution is 8.14. The fourth-order valence-electron chi connectivity index (χ4n) is 2.24. The Morgan fingerprint density at radius 3 is 2.18 bits per heavy atom. The zero-order chi connectivity index (χ0) is 13.0. The molecule has 1 aliphatic rings. The first-order chi connectivity index (χ1) is 7.91. The number of nitrogens with zero attached hydrogens (tertiary/aromatic N) is 1. The molecule has 3 heteroatoms. The van der Waals surface area contributed by atoms with Gasteiger partial charge in [0.05, 0.1) is 0 Å². The van der Waals surface area contributed by atoms with Crippen molar-refractivity contribution in [2.24, 2.45) is 28.7 Å². The quantitative estimate of drug-likeness (QED) is 0.812. The minimum atomic E-state index is 0.607. The lowest BCUT2D eigenvalue weighted by molar-refractivity contribution is 0.298. The van der Waals surface area contributed by atoms with Gasteiger partial charge in [0.25, 0.3) is 0 Å². The van der Waals surface area contributed by atoms with E-state index in [1.807, 2.05) is 11.8 Å². The maximum absolute atomic E-state index is 4.77. The molecule has 0 aromatic heterocycles. The van der Waals surface area contributed by atoms with Gasteiger partial charge in [0.15, 0.2) is 5.17 Å². The molecule has 1 aliphatic heterocycles. The molecule has 1 rings (SSSR count). The fourth-order valence-corrected chi connectivity index (χ4v) is 3.45. The van der Waals surface area contributed by atoms with Crippen LogP contribution in [0, 0.1) is 23.7 Å². The number of rotatable bonds is 5. The summed E-state index contributed by atoms with van der Waals surface area (Å²) in [6.45, 7) is 14.7. The van der Waals surface area contributed by atoms with Crippen LogP contribution < -0.4 is 5.32 Å². The lowest BCUT2D eigenvalue weighted by Gasteiger charge is -2.23. The van der Waals surface area contributed by atoms with Crippen LogP contribution in [-0.2, 0) is 0 Å². The number of hydrogen-bond acceptors (Lipinski definition) is 2. The molecule has 17 heavy (non-hydrogen) atoms. The van der Waals surface area contributed by atoms with E-state index in [2.05, 4.69) is 46.9 Å². The third kappa shape index (κ3) is 4.53. The summed E-state index contributed by atoms with van der Waals surface area (Å²) in [4.78, 5) is 4.77. The van der Waals surface area contributed by atoms with Crippen molar-refractivity contribution in [2.75, 3.05) is 12.3 Å². The molecule has 0 spiro atoms. The molecule has 1 saturated heterocycles. The van der Waals surface area contributed by atoms with Gasteiger partial charge in [0, 0.05) is 18.3 Å². The van der Waals surface area contributed by atoms with Crippen LogP contribution in [0.1, 0.15) is 41.5 Å². The summed E-state index contributed by atoms with van der Waals surface area (Å²) in [5.74, 6) is 3.99. The number of thioether (sulfide) groups is 1. The molecular formula is C14H28N2S. The first-order valence-corrected chi connectivity index (χ1v) is 7.84. The van der Waals surface area contributed by atoms with Crippen molar-refractivity contribution in [3.05, 3.63) is 0 Å². The number of amidine groups is 1. The molecular weight excluding hydrogens is 228 g/mol. The van der Waals surface area contributed by atoms with Gasteiger partial charge in [-0.3, -0.25) is 4.99 Å². The molecule has 0 bridgehead atoms. The molecule has 100 valence electrons. The van der Waals surface area contributed by atoms with Gasteiger partial charge in [-0.25, -0.2) is 0 Å². The Balaban J connectivity index is 2.48. The molecule has 1 atom stereocenters. The van der Waals surface area contributed by atoms with Gasteiger partial charge < -0.3 is 5.32 Å². The van der Waals surface area contributed by atoms with Gasteiger partial charge in [0.1, 0.15) is 0 Å². The van der Waals surface area contributed by atoms with Crippen molar-refractivity contribution in [3.63, 3.8) is 0 Å². The molecule has 0 aromatic rings. The Kier molecular flexibility index (Phi) is 5.84. The van der Waals surface area contributed by atoms with E-state index < -0.39 is 0 Å². The highest BCUT2D eigenvalue weighted by Crippen LogP contribution is 2.23. The summed E-state index contributed by atoms with van der Waals surface area (Å²) in [5, 5.41) is 4.70. The molecule has 0 radical (unpaired) electrons. The monoisotopic (exact) mass is 256 g/mol. The molecule has 1 unspecified atom stereocenters. The largest absolute Gasteiger partial charge is 0.361 e. The van der Waals surface area contributed by atoms with Crippen molar-refractivity contribution < 1.29 is 0 Å². The summed E-state index contributed by atoms with van der Waals surface area (Å²) in [6, 6.07) is 0.607. The highest BCUT2D eigenvalue weighted by Gasteiger charge is 2.23. The third-order valence-corrected chi connectivity index (χ3v) is 4.72. The molecule has 0 saturated carbocycles. The van der Waals surface area contributed by atoms with Crippen LogP contribution in [0.25, 0.3) is 0 Å². The zero-order valence-electron chi connectivity index (χ0n) is 12.2. The summed E-state index contributed by atoms with van der Waals surface area (Å²) < 4.78 is 0. The normalized spacial score (nSPS) is 23.4. The summed E-state index contributed by atoms with van der Waals surface area (Å²) in [6.07, 6.45) is 0. The Morgan fingerprint density at radius 2 is 1.76 bits per heavy atom. The van der Waals surface area contributed by atoms with Crippen LogP contribution in [0.15, 0.2) is 4.99 Å². The van der Waals surface area contributed by atoms with E-state index in [0.717, 1.165) is 11.7 Å². The summed E-state index contributed by atoms with van der Waals surface area (Å²) in [7, 11) is 0. The van der Waals surface area contributed by atoms with Gasteiger partial charge in [0.2, 0.25) is 0 Å². The van der Waals surface area contributed by atoms with E-state index in [0.29, 0.717) is 29.7 Å². The second kappa shape index (κ2) is 6.67. The fraction of sp³-hybridized carbons (Fsp3) is 0.929. The Labute approximate surface area is 111 Å². The Hall–Kier alpha value is -0.180. The van der Waals surface area contributed by atoms with Gasteiger partial charge in [-0.15, -0.1) is 0 Å². The number of aliphatic imine (C=N–C) groups is 1. The Bertz CT molecular complexity index is 251. The van der Waals surface area contributed by atoms with Crippen molar-refractivity contribution in [3.8, 4) is 0 Å². The van der Waals surface area contributed by atoms with Crippen LogP contribution in [0.3, 0.4) is 0 Å². The molecule has 2 nitrogen and oxygen atoms in total. The van der Waals surface area contributed by atoms with E-state index in [4.69, 9.17) is 4.99 Å². The van der Waals surface area contributed by atoms with E-state index >= 15 is 0 Å². The third-order valence-electron chi connectivity index (χ3n) is 3.67. The van der Waals surface area contributed by atoms with Gasteiger partial charge in [-0.2, -0.15) is 0 Å². The van der Waals surface area contributed by atoms with E-state index in [1.165, 1.54) is 5.75 Å². The molecule has 0 amide bonds. The second-order valence-corrected chi connectivity index (χ2v) is 7.11. The smallest absolute Gasteiger partial charge is 0.156 e. The molecule has 1 N–H and O–H groups in total. The van der Waals surface area contributed by atoms with Crippen LogP contribution in [-0.4, -0.2) is 23.5 Å². The minimum absolute atomic E-state index is 0.607. The van der Waals surface area contributed by atoms with Crippen LogP contribution in [0.4, 0.5) is 0 Å². The standard InChI is InChI=1S/C14H28N2S/c1-9(2)12(10(3)4)7-15-14-16-13(8-17-14)11(5)6/h9-13H,7-8H2,1-6H3,(H,15,16). The lowest BCUT2D eigenvalue weighted by Crippen LogP contribution is -2.32. The predicted octanol–water partition coefficient (Wildman–Crippen LogP) is 3.63. The summed E-state index contributed by atoms with van der Waals surface area (Å²) >= 11 is 1.88. The van der Waals surface area contributed by atoms with Crippen molar-refractivity contribution in [2.45, 2.75) is 47.6 Å². The van der Waals surface area contributed by atoms with E-state index in [-0.39, 0.29) is 0 Å². The number of hydrogen-bond donors (Lipinski definition) is 1. The SMILES string of the molecule is CC(C)C1CSC(=NCC(C(C)C)C(C)C)N1. The molecule has 1 fully saturated rings. The molecule has 1 heterocycles. The highest BCUT2D eigenvalue weighted by atomic mass is 32.2. The summed E-state index contributed by atoms with van der Waals surface area (Å²) in [5.41, 5.74) is 0. The maximum Gasteiger partial charge on any atom is 0.156 e. The first-order valence-electron chi connectivity index (χ1n) is 6.85. The topological polar surface area (TPSA) is 24.4 Å². The Morgan fingerprint density at radius 1 is 1.18 bits per heavy atom. The maximum atomic E-state index is 4.77. The molecule has 0 aliphatic carbocycles. The van der Waals surface area contributed by atoms with Gasteiger partial charge >= 0.3 is 0 Å². The van der Waals surface area contributed by atoms with Crippen molar-refractivity contribution in [1.82, 2.24) is 5.32 Å². The van der Waals surface area contributed by atoms with Crippen molar-refractivity contribution in [1.29, 1.82) is 0 Å². The number of nitrogens with one attached hydrogen (secondary N) is 1. The van der Waals surface area contributed by atoms with E-state index in [1.54, 1.807) is 0 Å². The predicted molar refractivity (Wildman–Crippen MR) is 79.7 cm³/mol. The second-order valence-electron chi connectivity index (χ2n) is 6.10. The van der Waals surface area contributed by atoms with Crippen molar-refractivity contribution >= 4 is 16.9 Å². The van der Waals surface area contributed by atoms with Crippen LogP contribution >= 0.6 is 11.8 Å². The first kappa shape index (κ1) is 14.9. The minimum Gasteiger partial charge on any atom is -0.361 e. The van der Waals surface area contributed by atoms with Gasteiger partial charge in [-0.1, -0.05) is 53.3 Å². The van der Waals surface area contributed by atoms with E-state index in [9.17, 15) is 0 Å². The molecule has 0 aromatic carbocycles. The average Bonchev–Trinajstić information content (AvgIpc) is 2.65. The lowest BCUT2D eigenvalue weighted by atomic mass is 9.86. The van der Waals surface area contributed by atoms with Gasteiger partial charge in [-0.05, 0) is 23.7 Å². The van der Waals surface area contributed by atoms with Crippen LogP contribution in [0.2, 0.25) is 0 Å². The van der Waals surface area contributed by atoms with Crippen LogP contribution in [0.5, 0.6) is 0 Å². The average molecular weight is 256 g/mol.